The Hall–Kier alpha value is -1.43. The lowest BCUT2D eigenvalue weighted by atomic mass is 10.2. The second kappa shape index (κ2) is 7.54. The maximum Gasteiger partial charge on any atom is 0.240 e. The molecular formula is C15H17ClN2O2S. The molecule has 4 nitrogen and oxygen atoms in total. The van der Waals surface area contributed by atoms with Crippen LogP contribution in [0.5, 0.6) is 0 Å². The predicted molar refractivity (Wildman–Crippen MR) is 84.0 cm³/mol. The van der Waals surface area contributed by atoms with E-state index in [9.17, 15) is 8.42 Å². The van der Waals surface area contributed by atoms with Gasteiger partial charge in [0, 0.05) is 24.8 Å². The predicted octanol–water partition coefficient (Wildman–Crippen LogP) is 2.38. The van der Waals surface area contributed by atoms with Gasteiger partial charge in [-0.1, -0.05) is 12.1 Å². The van der Waals surface area contributed by atoms with E-state index in [1.54, 1.807) is 36.7 Å². The summed E-state index contributed by atoms with van der Waals surface area (Å²) in [7, 11) is -3.46. The Morgan fingerprint density at radius 3 is 2.19 bits per heavy atom. The third-order valence-corrected chi connectivity index (χ3v) is 4.74. The lowest BCUT2D eigenvalue weighted by molar-refractivity contribution is 0.581. The molecule has 0 saturated heterocycles. The van der Waals surface area contributed by atoms with Crippen LogP contribution in [0, 0.1) is 0 Å². The molecule has 0 saturated carbocycles. The number of aryl methyl sites for hydroxylation is 1. The largest absolute Gasteiger partial charge is 0.265 e. The summed E-state index contributed by atoms with van der Waals surface area (Å²) >= 11 is 5.66. The molecule has 0 bridgehead atoms. The molecule has 2 rings (SSSR count). The summed E-state index contributed by atoms with van der Waals surface area (Å²) in [5.74, 6) is 0.524. The van der Waals surface area contributed by atoms with Crippen molar-refractivity contribution >= 4 is 21.6 Å². The molecule has 2 aromatic rings. The fourth-order valence-electron chi connectivity index (χ4n) is 1.91. The van der Waals surface area contributed by atoms with Crippen LogP contribution in [0.4, 0.5) is 0 Å². The number of nitrogens with one attached hydrogen (secondary N) is 1. The van der Waals surface area contributed by atoms with Crippen molar-refractivity contribution < 1.29 is 8.42 Å². The topological polar surface area (TPSA) is 59.1 Å². The molecule has 6 heteroatoms. The Morgan fingerprint density at radius 2 is 1.57 bits per heavy atom. The first-order valence-corrected chi connectivity index (χ1v) is 8.67. The Kier molecular flexibility index (Phi) is 5.73. The fraction of sp³-hybridized carbons (Fsp3) is 0.267. The molecule has 0 aliphatic rings. The number of alkyl halides is 1. The Morgan fingerprint density at radius 1 is 0.952 bits per heavy atom. The van der Waals surface area contributed by atoms with Gasteiger partial charge in [-0.2, -0.15) is 0 Å². The number of hydrogen-bond acceptors (Lipinski definition) is 3. The molecule has 1 N–H and O–H groups in total. The number of rotatable bonds is 7. The van der Waals surface area contributed by atoms with Crippen LogP contribution in [0.3, 0.4) is 0 Å². The Bertz CT molecular complexity index is 658. The minimum absolute atomic E-state index is 0.274. The molecule has 0 aliphatic carbocycles. The third kappa shape index (κ3) is 4.81. The molecule has 0 unspecified atom stereocenters. The van der Waals surface area contributed by atoms with Crippen molar-refractivity contribution in [3.8, 4) is 0 Å². The van der Waals surface area contributed by atoms with Crippen LogP contribution in [-0.4, -0.2) is 25.8 Å². The van der Waals surface area contributed by atoms with Gasteiger partial charge in [0.15, 0.2) is 0 Å². The average Bonchev–Trinajstić information content (AvgIpc) is 2.49. The van der Waals surface area contributed by atoms with E-state index in [0.717, 1.165) is 17.5 Å². The van der Waals surface area contributed by atoms with Gasteiger partial charge in [0.05, 0.1) is 4.90 Å². The number of halogens is 1. The molecule has 0 fully saturated rings. The van der Waals surface area contributed by atoms with Gasteiger partial charge in [-0.3, -0.25) is 4.98 Å². The van der Waals surface area contributed by atoms with E-state index in [0.29, 0.717) is 18.8 Å². The maximum absolute atomic E-state index is 12.1. The van der Waals surface area contributed by atoms with Crippen molar-refractivity contribution in [2.75, 3.05) is 12.4 Å². The van der Waals surface area contributed by atoms with Crippen molar-refractivity contribution in [1.82, 2.24) is 9.71 Å². The van der Waals surface area contributed by atoms with Crippen molar-refractivity contribution in [3.05, 3.63) is 59.9 Å². The zero-order valence-corrected chi connectivity index (χ0v) is 13.1. The summed E-state index contributed by atoms with van der Waals surface area (Å²) < 4.78 is 26.9. The summed E-state index contributed by atoms with van der Waals surface area (Å²) in [4.78, 5) is 4.20. The molecule has 1 aromatic carbocycles. The number of aromatic nitrogens is 1. The zero-order chi connectivity index (χ0) is 15.1. The SMILES string of the molecule is O=S(=O)(NCCc1ccncc1)c1ccc(CCCl)cc1. The molecule has 0 amide bonds. The van der Waals surface area contributed by atoms with Gasteiger partial charge in [0.2, 0.25) is 10.0 Å². The normalized spacial score (nSPS) is 11.5. The first kappa shape index (κ1) is 15.9. The fourth-order valence-corrected chi connectivity index (χ4v) is 3.16. The van der Waals surface area contributed by atoms with Crippen LogP contribution < -0.4 is 4.72 Å². The highest BCUT2D eigenvalue weighted by Gasteiger charge is 2.12. The summed E-state index contributed by atoms with van der Waals surface area (Å²) in [6, 6.07) is 10.5. The van der Waals surface area contributed by atoms with Crippen molar-refractivity contribution in [2.45, 2.75) is 17.7 Å². The van der Waals surface area contributed by atoms with E-state index in [1.807, 2.05) is 12.1 Å². The van der Waals surface area contributed by atoms with Crippen molar-refractivity contribution in [3.63, 3.8) is 0 Å². The van der Waals surface area contributed by atoms with Crippen molar-refractivity contribution in [1.29, 1.82) is 0 Å². The quantitative estimate of drug-likeness (QED) is 0.796. The highest BCUT2D eigenvalue weighted by Crippen LogP contribution is 2.11. The van der Waals surface area contributed by atoms with E-state index in [2.05, 4.69) is 9.71 Å². The number of pyridine rings is 1. The second-order valence-electron chi connectivity index (χ2n) is 4.59. The molecule has 112 valence electrons. The van der Waals surface area contributed by atoms with Gasteiger partial charge in [-0.15, -0.1) is 11.6 Å². The highest BCUT2D eigenvalue weighted by molar-refractivity contribution is 7.89. The molecule has 1 aromatic heterocycles. The summed E-state index contributed by atoms with van der Waals surface area (Å²) in [6.45, 7) is 0.357. The Labute approximate surface area is 130 Å². The minimum Gasteiger partial charge on any atom is -0.265 e. The first-order valence-electron chi connectivity index (χ1n) is 6.65. The number of sulfonamides is 1. The summed E-state index contributed by atoms with van der Waals surface area (Å²) in [5, 5.41) is 0. The van der Waals surface area contributed by atoms with E-state index in [1.165, 1.54) is 0 Å². The molecular weight excluding hydrogens is 308 g/mol. The summed E-state index contributed by atoms with van der Waals surface area (Å²) in [6.07, 6.45) is 4.75. The van der Waals surface area contributed by atoms with Crippen LogP contribution in [0.15, 0.2) is 53.7 Å². The lowest BCUT2D eigenvalue weighted by Crippen LogP contribution is -2.26. The van der Waals surface area contributed by atoms with Crippen LogP contribution in [-0.2, 0) is 22.9 Å². The zero-order valence-electron chi connectivity index (χ0n) is 11.5. The van der Waals surface area contributed by atoms with Crippen LogP contribution in [0.25, 0.3) is 0 Å². The smallest absolute Gasteiger partial charge is 0.240 e. The molecule has 1 heterocycles. The monoisotopic (exact) mass is 324 g/mol. The van der Waals surface area contributed by atoms with Crippen LogP contribution in [0.1, 0.15) is 11.1 Å². The molecule has 0 atom stereocenters. The third-order valence-electron chi connectivity index (χ3n) is 3.07. The number of hydrogen-bond donors (Lipinski definition) is 1. The van der Waals surface area contributed by atoms with Crippen LogP contribution in [0.2, 0.25) is 0 Å². The van der Waals surface area contributed by atoms with Gasteiger partial charge < -0.3 is 0 Å². The van der Waals surface area contributed by atoms with Crippen molar-refractivity contribution in [2.24, 2.45) is 0 Å². The number of benzene rings is 1. The minimum atomic E-state index is -3.46. The lowest BCUT2D eigenvalue weighted by Gasteiger charge is -2.07. The van der Waals surface area contributed by atoms with Gasteiger partial charge in [-0.25, -0.2) is 13.1 Å². The van der Waals surface area contributed by atoms with E-state index in [-0.39, 0.29) is 4.90 Å². The second-order valence-corrected chi connectivity index (χ2v) is 6.73. The Balaban J connectivity index is 1.95. The van der Waals surface area contributed by atoms with Gasteiger partial charge in [0.1, 0.15) is 0 Å². The van der Waals surface area contributed by atoms with E-state index < -0.39 is 10.0 Å². The number of nitrogens with zero attached hydrogens (tertiary/aromatic N) is 1. The van der Waals surface area contributed by atoms with Gasteiger partial charge in [0.25, 0.3) is 0 Å². The highest BCUT2D eigenvalue weighted by atomic mass is 35.5. The summed E-state index contributed by atoms with van der Waals surface area (Å²) in [5.41, 5.74) is 2.07. The first-order chi connectivity index (χ1) is 10.1. The van der Waals surface area contributed by atoms with Crippen LogP contribution >= 0.6 is 11.6 Å². The van der Waals surface area contributed by atoms with Gasteiger partial charge in [-0.05, 0) is 48.2 Å². The molecule has 0 radical (unpaired) electrons. The average molecular weight is 325 g/mol. The van der Waals surface area contributed by atoms with E-state index >= 15 is 0 Å². The van der Waals surface area contributed by atoms with Gasteiger partial charge >= 0.3 is 0 Å². The maximum atomic E-state index is 12.1. The molecule has 21 heavy (non-hydrogen) atoms. The van der Waals surface area contributed by atoms with E-state index in [4.69, 9.17) is 11.6 Å². The molecule has 0 aliphatic heterocycles. The molecule has 0 spiro atoms. The standard InChI is InChI=1S/C15H17ClN2O2S/c16-9-5-13-1-3-15(4-2-13)21(19,20)18-12-8-14-6-10-17-11-7-14/h1-4,6-7,10-11,18H,5,8-9,12H2.